The van der Waals surface area contributed by atoms with Crippen LogP contribution in [-0.2, 0) is 10.3 Å². The Kier molecular flexibility index (Phi) is 4.54. The molecule has 4 rings (SSSR count). The third-order valence-corrected chi connectivity index (χ3v) is 4.81. The van der Waals surface area contributed by atoms with Crippen LogP contribution in [0.2, 0.25) is 0 Å². The minimum Gasteiger partial charge on any atom is -0.236 e. The molecule has 0 aliphatic carbocycles. The number of hydrogen-bond donors (Lipinski definition) is 0. The Bertz CT molecular complexity index is 940. The minimum atomic E-state index is -0.317. The van der Waals surface area contributed by atoms with Crippen molar-refractivity contribution in [2.24, 2.45) is 4.99 Å². The van der Waals surface area contributed by atoms with Crippen molar-refractivity contribution in [2.75, 3.05) is 5.06 Å². The van der Waals surface area contributed by atoms with Crippen LogP contribution in [0.5, 0.6) is 0 Å². The fourth-order valence-corrected chi connectivity index (χ4v) is 3.22. The van der Waals surface area contributed by atoms with E-state index in [2.05, 4.69) is 74.3 Å². The van der Waals surface area contributed by atoms with Crippen LogP contribution in [-0.4, -0.2) is 6.34 Å². The van der Waals surface area contributed by atoms with E-state index in [-0.39, 0.29) is 11.6 Å². The number of para-hydroxylation sites is 1. The molecule has 0 saturated carbocycles. The van der Waals surface area contributed by atoms with Crippen molar-refractivity contribution >= 4 is 12.0 Å². The molecule has 0 aromatic heterocycles. The molecule has 1 atom stereocenters. The Morgan fingerprint density at radius 1 is 0.815 bits per heavy atom. The van der Waals surface area contributed by atoms with Crippen molar-refractivity contribution in [3.05, 3.63) is 90.0 Å². The molecule has 0 amide bonds. The molecule has 3 aromatic carbocycles. The van der Waals surface area contributed by atoms with Gasteiger partial charge in [-0.25, -0.2) is 14.9 Å². The summed E-state index contributed by atoms with van der Waals surface area (Å²) in [5, 5.41) is 1.77. The first kappa shape index (κ1) is 17.5. The van der Waals surface area contributed by atoms with E-state index in [1.807, 2.05) is 30.3 Å². The topological polar surface area (TPSA) is 24.8 Å². The van der Waals surface area contributed by atoms with E-state index in [1.165, 1.54) is 5.56 Å². The van der Waals surface area contributed by atoms with Gasteiger partial charge in [-0.15, -0.1) is 0 Å². The van der Waals surface area contributed by atoms with Gasteiger partial charge in [0.15, 0.2) is 0 Å². The summed E-state index contributed by atoms with van der Waals surface area (Å²) in [6, 6.07) is 27.1. The molecule has 1 aliphatic heterocycles. The molecule has 3 heteroatoms. The summed E-state index contributed by atoms with van der Waals surface area (Å²) in [6.07, 6.45) is 1.45. The number of aliphatic imine (C=N–C) groups is 1. The first-order valence-electron chi connectivity index (χ1n) is 9.26. The van der Waals surface area contributed by atoms with Gasteiger partial charge in [0.25, 0.3) is 0 Å². The smallest absolute Gasteiger partial charge is 0.202 e. The van der Waals surface area contributed by atoms with Gasteiger partial charge in [-0.1, -0.05) is 93.6 Å². The Labute approximate surface area is 160 Å². The summed E-state index contributed by atoms with van der Waals surface area (Å²) in [6.45, 7) is 6.65. The van der Waals surface area contributed by atoms with Crippen LogP contribution in [0.15, 0.2) is 83.9 Å². The highest BCUT2D eigenvalue weighted by Crippen LogP contribution is 2.35. The molecule has 0 radical (unpaired) electrons. The average Bonchev–Trinajstić information content (AvgIpc) is 3.18. The standard InChI is InChI=1S/C24H24N2O/c1-24(2,3)20-15-13-19(14-16-20)23-25-17-26(27-23)22-12-8-7-11-21(22)18-9-5-4-6-10-18/h4-17,23H,1-3H3. The zero-order valence-corrected chi connectivity index (χ0v) is 16.0. The van der Waals surface area contributed by atoms with Crippen molar-refractivity contribution < 1.29 is 4.84 Å². The van der Waals surface area contributed by atoms with Crippen molar-refractivity contribution in [3.8, 4) is 11.1 Å². The van der Waals surface area contributed by atoms with Crippen molar-refractivity contribution in [1.82, 2.24) is 0 Å². The van der Waals surface area contributed by atoms with Crippen molar-refractivity contribution in [2.45, 2.75) is 32.4 Å². The van der Waals surface area contributed by atoms with Gasteiger partial charge in [-0.05, 0) is 22.6 Å². The van der Waals surface area contributed by atoms with Gasteiger partial charge in [-0.2, -0.15) is 0 Å². The zero-order valence-electron chi connectivity index (χ0n) is 16.0. The Balaban J connectivity index is 1.57. The lowest BCUT2D eigenvalue weighted by molar-refractivity contribution is 0.0877. The molecule has 0 fully saturated rings. The third kappa shape index (κ3) is 3.64. The molecule has 27 heavy (non-hydrogen) atoms. The minimum absolute atomic E-state index is 0.138. The SMILES string of the molecule is CC(C)(C)c1ccc(C2N=CN(c3ccccc3-c3ccccc3)O2)cc1. The Morgan fingerprint density at radius 3 is 2.19 bits per heavy atom. The highest BCUT2D eigenvalue weighted by atomic mass is 16.7. The van der Waals surface area contributed by atoms with E-state index in [0.717, 1.165) is 22.4 Å². The van der Waals surface area contributed by atoms with Crippen LogP contribution in [0.25, 0.3) is 11.1 Å². The van der Waals surface area contributed by atoms with Crippen LogP contribution < -0.4 is 5.06 Å². The van der Waals surface area contributed by atoms with E-state index in [0.29, 0.717) is 0 Å². The largest absolute Gasteiger partial charge is 0.236 e. The summed E-state index contributed by atoms with van der Waals surface area (Å²) in [4.78, 5) is 10.7. The number of hydroxylamine groups is 1. The molecular formula is C24H24N2O. The highest BCUT2D eigenvalue weighted by Gasteiger charge is 2.24. The zero-order chi connectivity index (χ0) is 18.9. The molecule has 1 aliphatic rings. The molecule has 0 spiro atoms. The number of anilines is 1. The van der Waals surface area contributed by atoms with E-state index < -0.39 is 0 Å². The maximum Gasteiger partial charge on any atom is 0.202 e. The number of hydrogen-bond acceptors (Lipinski definition) is 3. The molecule has 0 bridgehead atoms. The molecule has 3 nitrogen and oxygen atoms in total. The van der Waals surface area contributed by atoms with Gasteiger partial charge in [0, 0.05) is 11.1 Å². The predicted molar refractivity (Wildman–Crippen MR) is 112 cm³/mol. The van der Waals surface area contributed by atoms with Crippen LogP contribution in [0, 0.1) is 0 Å². The van der Waals surface area contributed by atoms with Crippen molar-refractivity contribution in [3.63, 3.8) is 0 Å². The van der Waals surface area contributed by atoms with Crippen molar-refractivity contribution in [1.29, 1.82) is 0 Å². The van der Waals surface area contributed by atoms with Crippen LogP contribution in [0.3, 0.4) is 0 Å². The molecule has 0 N–H and O–H groups in total. The van der Waals surface area contributed by atoms with Crippen LogP contribution in [0.1, 0.15) is 38.1 Å². The van der Waals surface area contributed by atoms with Gasteiger partial charge >= 0.3 is 0 Å². The number of nitrogens with zero attached hydrogens (tertiary/aromatic N) is 2. The quantitative estimate of drug-likeness (QED) is 0.564. The normalized spacial score (nSPS) is 16.7. The average molecular weight is 356 g/mol. The summed E-state index contributed by atoms with van der Waals surface area (Å²) in [5.41, 5.74) is 5.76. The Morgan fingerprint density at radius 2 is 1.48 bits per heavy atom. The second kappa shape index (κ2) is 7.01. The highest BCUT2D eigenvalue weighted by molar-refractivity contribution is 5.88. The van der Waals surface area contributed by atoms with Gasteiger partial charge in [0.05, 0.1) is 5.69 Å². The van der Waals surface area contributed by atoms with E-state index >= 15 is 0 Å². The fraction of sp³-hybridized carbons (Fsp3) is 0.208. The molecule has 1 unspecified atom stereocenters. The summed E-state index contributed by atoms with van der Waals surface area (Å²) in [7, 11) is 0. The maximum atomic E-state index is 6.13. The second-order valence-electron chi connectivity index (χ2n) is 7.80. The molecule has 1 heterocycles. The van der Waals surface area contributed by atoms with Crippen LogP contribution in [0.4, 0.5) is 5.69 Å². The lowest BCUT2D eigenvalue weighted by Gasteiger charge is -2.21. The van der Waals surface area contributed by atoms with Gasteiger partial charge in [-0.3, -0.25) is 0 Å². The second-order valence-corrected chi connectivity index (χ2v) is 7.80. The van der Waals surface area contributed by atoms with E-state index in [9.17, 15) is 0 Å². The monoisotopic (exact) mass is 356 g/mol. The fourth-order valence-electron chi connectivity index (χ4n) is 3.22. The Hall–Kier alpha value is -2.91. The maximum absolute atomic E-state index is 6.13. The number of benzene rings is 3. The molecule has 136 valence electrons. The van der Waals surface area contributed by atoms with Gasteiger partial charge in [0.2, 0.25) is 6.23 Å². The molecule has 0 saturated heterocycles. The van der Waals surface area contributed by atoms with E-state index in [4.69, 9.17) is 4.84 Å². The first-order valence-corrected chi connectivity index (χ1v) is 9.26. The summed E-state index contributed by atoms with van der Waals surface area (Å²) >= 11 is 0. The lowest BCUT2D eigenvalue weighted by atomic mass is 9.86. The van der Waals surface area contributed by atoms with Gasteiger partial charge < -0.3 is 0 Å². The van der Waals surface area contributed by atoms with Crippen LogP contribution >= 0.6 is 0 Å². The van der Waals surface area contributed by atoms with Gasteiger partial charge in [0.1, 0.15) is 6.34 Å². The summed E-state index contributed by atoms with van der Waals surface area (Å²) in [5.74, 6) is 0. The molecule has 3 aromatic rings. The first-order chi connectivity index (χ1) is 13.0. The molecular weight excluding hydrogens is 332 g/mol. The predicted octanol–water partition coefficient (Wildman–Crippen LogP) is 6.13. The lowest BCUT2D eigenvalue weighted by Crippen LogP contribution is -2.18. The summed E-state index contributed by atoms with van der Waals surface area (Å²) < 4.78 is 0. The number of rotatable bonds is 3. The van der Waals surface area contributed by atoms with E-state index in [1.54, 1.807) is 11.4 Å². The third-order valence-electron chi connectivity index (χ3n) is 4.81.